The van der Waals surface area contributed by atoms with Crippen LogP contribution in [0.2, 0.25) is 0 Å². The third kappa shape index (κ3) is 17.9. The number of carbonyl (C=O) groups is 2. The molecule has 98 heavy (non-hydrogen) atoms. The van der Waals surface area contributed by atoms with Gasteiger partial charge in [-0.1, -0.05) is 11.6 Å². The number of Topliss-reactive ketones (excluding diaryl/α,β-unsaturated/α-hetero) is 1. The molecule has 0 saturated carbocycles. The number of alkyl carbamates (subject to hydrolysis) is 1. The molecule has 41 heteroatoms. The first kappa shape index (κ1) is 78.8. The number of carbonyl (C=O) groups excluding carboxylic acids is 2. The zero-order valence-electron chi connectivity index (χ0n) is 53.4. The smallest absolute Gasteiger partial charge is 0.407 e. The maximum atomic E-state index is 13.0. The average Bonchev–Trinajstić information content (AvgIpc) is 0.830. The van der Waals surface area contributed by atoms with Crippen LogP contribution >= 0.6 is 0 Å². The van der Waals surface area contributed by atoms with Crippen molar-refractivity contribution in [3.8, 4) is 0 Å². The summed E-state index contributed by atoms with van der Waals surface area (Å²) in [5, 5.41) is 236. The molecule has 1 amide bonds. The van der Waals surface area contributed by atoms with E-state index in [-0.39, 0.29) is 30.7 Å². The molecule has 21 N–H and O–H groups in total. The Kier molecular flexibility index (Phi) is 27.8. The summed E-state index contributed by atoms with van der Waals surface area (Å²) in [6.07, 6.45) is -68.5. The third-order valence-corrected chi connectivity index (χ3v) is 18.0. The van der Waals surface area contributed by atoms with E-state index in [1.165, 1.54) is 10.9 Å². The highest BCUT2D eigenvalue weighted by Crippen LogP contribution is 2.39. The van der Waals surface area contributed by atoms with Crippen molar-refractivity contribution >= 4 is 11.9 Å². The van der Waals surface area contributed by atoms with Gasteiger partial charge in [-0.3, -0.25) is 4.79 Å². The van der Waals surface area contributed by atoms with Crippen molar-refractivity contribution in [1.29, 1.82) is 0 Å². The van der Waals surface area contributed by atoms with E-state index >= 15 is 0 Å². The molecule has 21 aliphatic heterocycles. The van der Waals surface area contributed by atoms with Crippen molar-refractivity contribution in [2.24, 2.45) is 0 Å². The van der Waals surface area contributed by atoms with Crippen molar-refractivity contribution in [1.82, 2.24) is 20.3 Å². The number of nitrogens with one attached hydrogen (secondary N) is 1. The van der Waals surface area contributed by atoms with Gasteiger partial charge in [0.25, 0.3) is 0 Å². The van der Waals surface area contributed by atoms with Crippen LogP contribution in [0.5, 0.6) is 0 Å². The quantitative estimate of drug-likeness (QED) is 0.0644. The van der Waals surface area contributed by atoms with Crippen LogP contribution in [0.15, 0.2) is 6.20 Å². The molecule has 564 valence electrons. The third-order valence-electron chi connectivity index (χ3n) is 18.0. The highest BCUT2D eigenvalue weighted by molar-refractivity contribution is 5.78. The van der Waals surface area contributed by atoms with Crippen LogP contribution < -0.4 is 5.32 Å². The van der Waals surface area contributed by atoms with Crippen LogP contribution in [0.3, 0.4) is 0 Å². The topological polar surface area (TPSA) is 620 Å². The minimum atomic E-state index is -2.26. The average molecular weight is 1430 g/mol. The van der Waals surface area contributed by atoms with Crippen molar-refractivity contribution < 1.29 is 183 Å². The van der Waals surface area contributed by atoms with Gasteiger partial charge in [-0.2, -0.15) is 0 Å². The summed E-state index contributed by atoms with van der Waals surface area (Å²) in [4.78, 5) is 24.9. The van der Waals surface area contributed by atoms with E-state index in [0.29, 0.717) is 25.8 Å². The van der Waals surface area contributed by atoms with Crippen molar-refractivity contribution in [2.45, 2.75) is 286 Å². The Morgan fingerprint density at radius 1 is 0.398 bits per heavy atom. The second-order valence-electron chi connectivity index (χ2n) is 26.2. The lowest BCUT2D eigenvalue weighted by molar-refractivity contribution is -0.396. The zero-order valence-corrected chi connectivity index (χ0v) is 53.4. The van der Waals surface area contributed by atoms with Gasteiger partial charge in [-0.15, -0.1) is 5.10 Å². The van der Waals surface area contributed by atoms with E-state index in [1.807, 2.05) is 0 Å². The monoisotopic (exact) mass is 1430 g/mol. The predicted molar refractivity (Wildman–Crippen MR) is 307 cm³/mol. The first-order chi connectivity index (χ1) is 46.5. The maximum absolute atomic E-state index is 13.0. The normalized spacial score (nSPS) is 46.1. The summed E-state index contributed by atoms with van der Waals surface area (Å²) in [6.45, 7) is -1.38. The number of unbranched alkanes of at least 4 members (excludes halogenated alkanes) is 2. The standard InChI is InChI=1S/C57H94N4O37/c1-57(2,3)98-56(83)58-10-6-4-5-7-20(68)9-8-19-11-61(60-59-19)12-21-42-28(69)35(76)49(84-21)92-43-22(13-62)86-51(37(78)30(43)71)94-45-24(15-64)88-53(39(80)32(45)73)96-47-26(17-66)90-55(41(82)34(47)75)97-48-27(18-67)89-54(40(81)33(48)74)95-46-25(16-65)87-52(38(79)31(46)72)93-44-23(14-63)85-50(91-42)36(77)29(44)70/h11,21-55,62-67,69-82H,4-10,12-18H2,1-3H3,(H,58,83). The highest BCUT2D eigenvalue weighted by atomic mass is 16.8. The van der Waals surface area contributed by atoms with E-state index in [0.717, 1.165) is 0 Å². The van der Waals surface area contributed by atoms with E-state index in [9.17, 15) is 112 Å². The minimum absolute atomic E-state index is 0.0299. The molecule has 22 rings (SSSR count). The van der Waals surface area contributed by atoms with E-state index in [1.54, 1.807) is 20.8 Å². The Morgan fingerprint density at radius 3 is 0.949 bits per heavy atom. The van der Waals surface area contributed by atoms with Gasteiger partial charge >= 0.3 is 6.09 Å². The molecule has 21 aliphatic rings. The van der Waals surface area contributed by atoms with Crippen LogP contribution in [0.4, 0.5) is 4.79 Å². The highest BCUT2D eigenvalue weighted by Gasteiger charge is 2.60. The predicted octanol–water partition coefficient (Wildman–Crippen LogP) is -12.3. The Morgan fingerprint density at radius 2 is 0.673 bits per heavy atom. The molecular weight excluding hydrogens is 1330 g/mol. The molecule has 21 fully saturated rings. The summed E-state index contributed by atoms with van der Waals surface area (Å²) in [7, 11) is 0. The van der Waals surface area contributed by atoms with Gasteiger partial charge in [-0.25, -0.2) is 9.48 Å². The second kappa shape index (κ2) is 34.5. The lowest BCUT2D eigenvalue weighted by Crippen LogP contribution is -2.68. The first-order valence-electron chi connectivity index (χ1n) is 32.3. The summed E-state index contributed by atoms with van der Waals surface area (Å²) < 4.78 is 88.2. The number of aliphatic hydroxyl groups is 20. The summed E-state index contributed by atoms with van der Waals surface area (Å²) in [5.41, 5.74) is -0.384. The van der Waals surface area contributed by atoms with Crippen LogP contribution in [0, 0.1) is 0 Å². The number of nitrogens with zero attached hydrogens (tertiary/aromatic N) is 3. The van der Waals surface area contributed by atoms with E-state index < -0.39 is 273 Å². The lowest BCUT2D eigenvalue weighted by atomic mass is 9.95. The molecule has 0 radical (unpaired) electrons. The fourth-order valence-electron chi connectivity index (χ4n) is 12.7. The first-order valence-corrected chi connectivity index (χ1v) is 32.3. The maximum Gasteiger partial charge on any atom is 0.407 e. The van der Waals surface area contributed by atoms with Crippen LogP contribution in [-0.2, 0) is 88.8 Å². The molecule has 1 aromatic rings. The van der Waals surface area contributed by atoms with Gasteiger partial charge in [0.05, 0.1) is 51.9 Å². The Hall–Kier alpha value is -3.28. The Balaban J connectivity index is 0.969. The van der Waals surface area contributed by atoms with Gasteiger partial charge in [0.15, 0.2) is 44.0 Å². The van der Waals surface area contributed by atoms with E-state index in [4.69, 9.17) is 71.1 Å². The van der Waals surface area contributed by atoms with Gasteiger partial charge < -0.3 is 179 Å². The minimum Gasteiger partial charge on any atom is -0.444 e. The number of aryl methyl sites for hydroxylation is 1. The fourth-order valence-corrected chi connectivity index (χ4v) is 12.7. The largest absolute Gasteiger partial charge is 0.444 e. The molecule has 22 heterocycles. The summed E-state index contributed by atoms with van der Waals surface area (Å²) in [5.74, 6) is -0.116. The number of amides is 1. The summed E-state index contributed by atoms with van der Waals surface area (Å²) in [6, 6.07) is 0. The van der Waals surface area contributed by atoms with Crippen LogP contribution in [0.1, 0.15) is 58.6 Å². The molecule has 14 bridgehead atoms. The number of hydrogen-bond donors (Lipinski definition) is 21. The van der Waals surface area contributed by atoms with Gasteiger partial charge in [0.2, 0.25) is 0 Å². The number of ketones is 1. The van der Waals surface area contributed by atoms with Crippen molar-refractivity contribution in [3.63, 3.8) is 0 Å². The molecule has 0 aromatic carbocycles. The molecule has 35 atom stereocenters. The molecule has 41 nitrogen and oxygen atoms in total. The van der Waals surface area contributed by atoms with Gasteiger partial charge in [0.1, 0.15) is 182 Å². The Labute approximate surface area is 558 Å². The second-order valence-corrected chi connectivity index (χ2v) is 26.2. The number of hydrogen-bond acceptors (Lipinski definition) is 39. The van der Waals surface area contributed by atoms with Crippen molar-refractivity contribution in [3.05, 3.63) is 11.9 Å². The van der Waals surface area contributed by atoms with Crippen molar-refractivity contribution in [2.75, 3.05) is 46.2 Å². The summed E-state index contributed by atoms with van der Waals surface area (Å²) >= 11 is 0. The lowest BCUT2D eigenvalue weighted by Gasteiger charge is -2.50. The number of rotatable bonds is 17. The van der Waals surface area contributed by atoms with Crippen LogP contribution in [0.25, 0.3) is 0 Å². The number of ether oxygens (including phenoxy) is 15. The SMILES string of the molecule is CC(C)(C)OC(=O)NCCCCCC(=O)CCc1cn(CC2OC3OC4C(CO)OC(OC5C(CO)OC(OC6C(CO)OC(OC7C(CO)OC(OC8C(CO)OC(OC9C(CO)OC(OC2C(O)C3O)C(O)C9O)C(O)C8O)C(O)C7O)C(O)C6O)C(O)C5O)C(O)C4O)nn1. The zero-order chi connectivity index (χ0) is 71.4. The molecule has 21 saturated heterocycles. The van der Waals surface area contributed by atoms with Gasteiger partial charge in [0, 0.05) is 25.6 Å². The number of aliphatic hydroxyl groups excluding tert-OH is 20. The molecular formula is C57H94N4O37. The molecule has 1 aromatic heterocycles. The Bertz CT molecular complexity index is 2620. The molecule has 35 unspecified atom stereocenters. The van der Waals surface area contributed by atoms with E-state index in [2.05, 4.69) is 15.6 Å². The van der Waals surface area contributed by atoms with Crippen LogP contribution in [-0.4, -0.2) is 396 Å². The van der Waals surface area contributed by atoms with Gasteiger partial charge in [-0.05, 0) is 40.0 Å². The fraction of sp³-hybridized carbons (Fsp3) is 0.930. The number of aromatic nitrogens is 3. The molecule has 0 aliphatic carbocycles. The molecule has 0 spiro atoms.